The van der Waals surface area contributed by atoms with Crippen molar-refractivity contribution < 1.29 is 14.8 Å². The Bertz CT molecular complexity index is 854. The standard InChI is InChI=1S/C20H19ClN2O2S/c1-25-18-10-9-15(12-17(18)21)23-20(24)19(14-6-3-2-4-7-14)22-13-16-8-5-11-26-16/h2-12,19,22H,13H2,1H3,(H,23,24)/p+1/t19-/m0/s1. The van der Waals surface area contributed by atoms with Crippen LogP contribution in [0.2, 0.25) is 5.02 Å². The maximum atomic E-state index is 12.9. The van der Waals surface area contributed by atoms with E-state index in [1.165, 1.54) is 4.88 Å². The van der Waals surface area contributed by atoms with Crippen LogP contribution in [0.3, 0.4) is 0 Å². The molecule has 6 heteroatoms. The number of rotatable bonds is 7. The summed E-state index contributed by atoms with van der Waals surface area (Å²) in [7, 11) is 1.56. The molecule has 3 N–H and O–H groups in total. The molecule has 0 unspecified atom stereocenters. The number of carbonyl (C=O) groups excluding carboxylic acids is 1. The van der Waals surface area contributed by atoms with Crippen molar-refractivity contribution in [2.45, 2.75) is 12.6 Å². The lowest BCUT2D eigenvalue weighted by Gasteiger charge is -2.16. The summed E-state index contributed by atoms with van der Waals surface area (Å²) >= 11 is 7.84. The van der Waals surface area contributed by atoms with Crippen molar-refractivity contribution in [3.63, 3.8) is 0 Å². The van der Waals surface area contributed by atoms with Crippen LogP contribution in [0.1, 0.15) is 16.5 Å². The summed E-state index contributed by atoms with van der Waals surface area (Å²) in [4.78, 5) is 14.2. The first-order valence-electron chi connectivity index (χ1n) is 8.22. The summed E-state index contributed by atoms with van der Waals surface area (Å²) in [6.07, 6.45) is 0. The molecule has 0 aliphatic rings. The lowest BCUT2D eigenvalue weighted by atomic mass is 10.1. The monoisotopic (exact) mass is 387 g/mol. The number of thiophene rings is 1. The number of ether oxygens (including phenoxy) is 1. The molecule has 4 nitrogen and oxygen atoms in total. The molecule has 1 heterocycles. The highest BCUT2D eigenvalue weighted by Gasteiger charge is 2.24. The molecule has 1 atom stereocenters. The smallest absolute Gasteiger partial charge is 0.287 e. The number of hydrogen-bond acceptors (Lipinski definition) is 3. The highest BCUT2D eigenvalue weighted by molar-refractivity contribution is 7.09. The molecule has 0 saturated heterocycles. The first-order chi connectivity index (χ1) is 12.7. The van der Waals surface area contributed by atoms with Crippen LogP contribution in [0.15, 0.2) is 66.0 Å². The summed E-state index contributed by atoms with van der Waals surface area (Å²) < 4.78 is 5.15. The molecule has 1 amide bonds. The normalized spacial score (nSPS) is 11.8. The predicted octanol–water partition coefficient (Wildman–Crippen LogP) is 3.85. The third-order valence-electron chi connectivity index (χ3n) is 4.00. The highest BCUT2D eigenvalue weighted by Crippen LogP contribution is 2.27. The van der Waals surface area contributed by atoms with Gasteiger partial charge in [0.15, 0.2) is 6.04 Å². The van der Waals surface area contributed by atoms with Crippen molar-refractivity contribution >= 4 is 34.5 Å². The summed E-state index contributed by atoms with van der Waals surface area (Å²) in [6, 6.07) is 18.7. The molecule has 0 bridgehead atoms. The van der Waals surface area contributed by atoms with E-state index < -0.39 is 0 Å². The van der Waals surface area contributed by atoms with Gasteiger partial charge in [0.2, 0.25) is 0 Å². The van der Waals surface area contributed by atoms with E-state index in [9.17, 15) is 4.79 Å². The van der Waals surface area contributed by atoms with Crippen LogP contribution in [0.25, 0.3) is 0 Å². The van der Waals surface area contributed by atoms with Gasteiger partial charge in [-0.25, -0.2) is 0 Å². The van der Waals surface area contributed by atoms with Crippen molar-refractivity contribution in [3.05, 3.63) is 81.5 Å². The van der Waals surface area contributed by atoms with Crippen LogP contribution in [0.4, 0.5) is 5.69 Å². The van der Waals surface area contributed by atoms with Crippen molar-refractivity contribution in [2.75, 3.05) is 12.4 Å². The number of benzene rings is 2. The molecule has 0 aliphatic heterocycles. The molecule has 0 radical (unpaired) electrons. The number of carbonyl (C=O) groups is 1. The van der Waals surface area contributed by atoms with Crippen LogP contribution in [0.5, 0.6) is 5.75 Å². The lowest BCUT2D eigenvalue weighted by Crippen LogP contribution is -2.85. The minimum absolute atomic E-state index is 0.0889. The van der Waals surface area contributed by atoms with Gasteiger partial charge in [-0.1, -0.05) is 48.0 Å². The minimum atomic E-state index is -0.348. The topological polar surface area (TPSA) is 54.9 Å². The van der Waals surface area contributed by atoms with Crippen molar-refractivity contribution in [3.8, 4) is 5.75 Å². The van der Waals surface area contributed by atoms with Crippen molar-refractivity contribution in [2.24, 2.45) is 0 Å². The van der Waals surface area contributed by atoms with E-state index in [1.807, 2.05) is 47.1 Å². The molecule has 0 spiro atoms. The Labute approximate surface area is 161 Å². The van der Waals surface area contributed by atoms with Gasteiger partial charge in [-0.05, 0) is 29.6 Å². The zero-order valence-electron chi connectivity index (χ0n) is 14.3. The number of nitrogens with two attached hydrogens (primary N) is 1. The minimum Gasteiger partial charge on any atom is -0.495 e. The molecule has 134 valence electrons. The molecule has 0 aliphatic carbocycles. The van der Waals surface area contributed by atoms with E-state index in [4.69, 9.17) is 16.3 Å². The Balaban J connectivity index is 1.76. The highest BCUT2D eigenvalue weighted by atomic mass is 35.5. The van der Waals surface area contributed by atoms with Crippen molar-refractivity contribution in [1.82, 2.24) is 0 Å². The van der Waals surface area contributed by atoms with Crippen LogP contribution in [-0.4, -0.2) is 13.0 Å². The van der Waals surface area contributed by atoms with E-state index in [0.717, 1.165) is 12.1 Å². The molecule has 3 rings (SSSR count). The van der Waals surface area contributed by atoms with E-state index in [2.05, 4.69) is 11.4 Å². The number of amides is 1. The van der Waals surface area contributed by atoms with Gasteiger partial charge in [0, 0.05) is 11.3 Å². The Morgan fingerprint density at radius 3 is 2.65 bits per heavy atom. The predicted molar refractivity (Wildman–Crippen MR) is 106 cm³/mol. The first kappa shape index (κ1) is 18.5. The fourth-order valence-electron chi connectivity index (χ4n) is 2.68. The van der Waals surface area contributed by atoms with Crippen LogP contribution >= 0.6 is 22.9 Å². The average Bonchev–Trinajstić information content (AvgIpc) is 3.16. The fraction of sp³-hybridized carbons (Fsp3) is 0.150. The van der Waals surface area contributed by atoms with Crippen LogP contribution < -0.4 is 15.4 Å². The largest absolute Gasteiger partial charge is 0.495 e. The van der Waals surface area contributed by atoms with Gasteiger partial charge in [0.1, 0.15) is 12.3 Å². The van der Waals surface area contributed by atoms with E-state index in [0.29, 0.717) is 16.5 Å². The number of quaternary nitrogens is 1. The van der Waals surface area contributed by atoms with E-state index >= 15 is 0 Å². The lowest BCUT2D eigenvalue weighted by molar-refractivity contribution is -0.697. The van der Waals surface area contributed by atoms with E-state index in [-0.39, 0.29) is 11.9 Å². The van der Waals surface area contributed by atoms with Crippen LogP contribution in [0, 0.1) is 0 Å². The summed E-state index contributed by atoms with van der Waals surface area (Å²) in [5.41, 5.74) is 1.60. The SMILES string of the molecule is COc1ccc(NC(=O)[C@@H]([NH2+]Cc2cccs2)c2ccccc2)cc1Cl. The first-order valence-corrected chi connectivity index (χ1v) is 9.48. The third-order valence-corrected chi connectivity index (χ3v) is 5.19. The summed E-state index contributed by atoms with van der Waals surface area (Å²) in [5, 5.41) is 7.50. The van der Waals surface area contributed by atoms with Gasteiger partial charge in [-0.15, -0.1) is 11.3 Å². The number of methoxy groups -OCH3 is 1. The van der Waals surface area contributed by atoms with Gasteiger partial charge < -0.3 is 15.4 Å². The molecule has 3 aromatic rings. The van der Waals surface area contributed by atoms with Gasteiger partial charge in [0.05, 0.1) is 17.0 Å². The molecule has 0 saturated carbocycles. The molecule has 1 aromatic heterocycles. The maximum absolute atomic E-state index is 12.9. The van der Waals surface area contributed by atoms with E-state index in [1.54, 1.807) is 36.6 Å². The van der Waals surface area contributed by atoms with Gasteiger partial charge in [0.25, 0.3) is 5.91 Å². The third kappa shape index (κ3) is 4.64. The number of hydrogen-bond donors (Lipinski definition) is 2. The fourth-order valence-corrected chi connectivity index (χ4v) is 3.62. The average molecular weight is 388 g/mol. The molecule has 26 heavy (non-hydrogen) atoms. The van der Waals surface area contributed by atoms with Crippen molar-refractivity contribution in [1.29, 1.82) is 0 Å². The second-order valence-electron chi connectivity index (χ2n) is 5.75. The van der Waals surface area contributed by atoms with Gasteiger partial charge in [-0.2, -0.15) is 0 Å². The summed E-state index contributed by atoms with van der Waals surface area (Å²) in [5.74, 6) is 0.488. The zero-order chi connectivity index (χ0) is 18.4. The Kier molecular flexibility index (Phi) is 6.28. The molecule has 2 aromatic carbocycles. The van der Waals surface area contributed by atoms with Gasteiger partial charge >= 0.3 is 0 Å². The Morgan fingerprint density at radius 2 is 2.00 bits per heavy atom. The molecule has 0 fully saturated rings. The number of nitrogens with one attached hydrogen (secondary N) is 1. The van der Waals surface area contributed by atoms with Gasteiger partial charge in [-0.3, -0.25) is 4.79 Å². The number of halogens is 1. The second-order valence-corrected chi connectivity index (χ2v) is 7.19. The second kappa shape index (κ2) is 8.85. The summed E-state index contributed by atoms with van der Waals surface area (Å²) in [6.45, 7) is 0.744. The Hall–Kier alpha value is -2.34. The Morgan fingerprint density at radius 1 is 1.19 bits per heavy atom. The maximum Gasteiger partial charge on any atom is 0.287 e. The molecular formula is C20H20ClN2O2S+. The zero-order valence-corrected chi connectivity index (χ0v) is 15.9. The quantitative estimate of drug-likeness (QED) is 0.646. The molecular weight excluding hydrogens is 368 g/mol. The number of anilines is 1. The van der Waals surface area contributed by atoms with Crippen LogP contribution in [-0.2, 0) is 11.3 Å².